The van der Waals surface area contributed by atoms with Crippen LogP contribution in [0.1, 0.15) is 40.0 Å². The molecule has 2 amide bonds. The Labute approximate surface area is 194 Å². The number of thioether (sulfide) groups is 1. The second-order valence-electron chi connectivity index (χ2n) is 9.65. The summed E-state index contributed by atoms with van der Waals surface area (Å²) in [6.07, 6.45) is 10.2. The fourth-order valence-corrected chi connectivity index (χ4v) is 7.71. The number of fused-ring (bicyclic) bond motifs is 2. The number of ether oxygens (including phenoxy) is 1. The van der Waals surface area contributed by atoms with Crippen LogP contribution in [0.5, 0.6) is 0 Å². The maximum Gasteiger partial charge on any atom is 0.311 e. The molecule has 6 atom stereocenters. The zero-order valence-corrected chi connectivity index (χ0v) is 19.9. The molecule has 2 saturated heterocycles. The van der Waals surface area contributed by atoms with Crippen LogP contribution >= 0.6 is 11.8 Å². The van der Waals surface area contributed by atoms with Gasteiger partial charge < -0.3 is 19.6 Å². The van der Waals surface area contributed by atoms with E-state index in [9.17, 15) is 19.5 Å². The topological polar surface area (TPSA) is 87.2 Å². The first-order valence-corrected chi connectivity index (χ1v) is 12.6. The Balaban J connectivity index is 1.82. The van der Waals surface area contributed by atoms with Crippen molar-refractivity contribution in [1.29, 1.82) is 0 Å². The Bertz CT molecular complexity index is 827. The molecule has 1 unspecified atom stereocenters. The minimum Gasteiger partial charge on any atom is -0.461 e. The Morgan fingerprint density at radius 2 is 2.03 bits per heavy atom. The smallest absolute Gasteiger partial charge is 0.311 e. The van der Waals surface area contributed by atoms with Crippen LogP contribution in [0, 0.1) is 17.8 Å². The molecular formula is C24H34N2O5S. The van der Waals surface area contributed by atoms with Crippen LogP contribution in [0.15, 0.2) is 24.3 Å². The summed E-state index contributed by atoms with van der Waals surface area (Å²) in [6.45, 7) is 7.30. The summed E-state index contributed by atoms with van der Waals surface area (Å²) in [5.41, 5.74) is 0. The van der Waals surface area contributed by atoms with Crippen molar-refractivity contribution in [1.82, 2.24) is 9.80 Å². The predicted molar refractivity (Wildman–Crippen MR) is 123 cm³/mol. The van der Waals surface area contributed by atoms with Gasteiger partial charge in [-0.05, 0) is 18.8 Å². The average Bonchev–Trinajstić information content (AvgIpc) is 3.06. The molecule has 4 rings (SSSR count). The SMILES string of the molecule is CCCCN1CC=C[C@]23S[C@@H]4C=CCOC(=O)[C@@H]4[C@H]2C(=O)N([C@@H](CO)CC(C)C)C3C1=O. The van der Waals surface area contributed by atoms with E-state index in [2.05, 4.69) is 6.92 Å². The second-order valence-corrected chi connectivity index (χ2v) is 11.1. The van der Waals surface area contributed by atoms with Crippen LogP contribution in [0.2, 0.25) is 0 Å². The van der Waals surface area contributed by atoms with Gasteiger partial charge in [-0.2, -0.15) is 0 Å². The summed E-state index contributed by atoms with van der Waals surface area (Å²) in [4.78, 5) is 44.3. The zero-order chi connectivity index (χ0) is 23.0. The molecule has 0 bridgehead atoms. The number of unbranched alkanes of at least 4 members (excludes halogenated alkanes) is 1. The molecule has 2 fully saturated rings. The van der Waals surface area contributed by atoms with Crippen LogP contribution in [-0.2, 0) is 19.1 Å². The number of amides is 2. The molecular weight excluding hydrogens is 428 g/mol. The average molecular weight is 463 g/mol. The van der Waals surface area contributed by atoms with Crippen LogP contribution < -0.4 is 0 Å². The minimum atomic E-state index is -0.838. The van der Waals surface area contributed by atoms with Crippen molar-refractivity contribution in [3.63, 3.8) is 0 Å². The van der Waals surface area contributed by atoms with Gasteiger partial charge in [-0.25, -0.2) is 0 Å². The number of carbonyl (C=O) groups excluding carboxylic acids is 3. The van der Waals surface area contributed by atoms with Crippen LogP contribution in [0.25, 0.3) is 0 Å². The van der Waals surface area contributed by atoms with E-state index in [0.29, 0.717) is 19.5 Å². The van der Waals surface area contributed by atoms with Crippen LogP contribution in [0.3, 0.4) is 0 Å². The van der Waals surface area contributed by atoms with Gasteiger partial charge in [0.05, 0.1) is 29.2 Å². The lowest BCUT2D eigenvalue weighted by Gasteiger charge is -2.39. The van der Waals surface area contributed by atoms with Gasteiger partial charge in [-0.15, -0.1) is 11.8 Å². The highest BCUT2D eigenvalue weighted by Gasteiger charge is 2.71. The second kappa shape index (κ2) is 9.21. The number of nitrogens with zero attached hydrogens (tertiary/aromatic N) is 2. The fourth-order valence-electron chi connectivity index (χ4n) is 5.72. The number of carbonyl (C=O) groups is 3. The Morgan fingerprint density at radius 3 is 2.72 bits per heavy atom. The van der Waals surface area contributed by atoms with Gasteiger partial charge in [-0.3, -0.25) is 14.4 Å². The summed E-state index contributed by atoms with van der Waals surface area (Å²) < 4.78 is 4.55. The van der Waals surface area contributed by atoms with E-state index in [4.69, 9.17) is 4.74 Å². The quantitative estimate of drug-likeness (QED) is 0.460. The summed E-state index contributed by atoms with van der Waals surface area (Å²) in [5, 5.41) is 10.0. The molecule has 0 aromatic heterocycles. The van der Waals surface area contributed by atoms with E-state index in [1.807, 2.05) is 43.1 Å². The van der Waals surface area contributed by atoms with Crippen LogP contribution in [0.4, 0.5) is 0 Å². The molecule has 1 spiro atoms. The Morgan fingerprint density at radius 1 is 1.25 bits per heavy atom. The molecule has 4 aliphatic heterocycles. The molecule has 0 saturated carbocycles. The number of cyclic esters (lactones) is 1. The van der Waals surface area contributed by atoms with Crippen molar-refractivity contribution in [3.05, 3.63) is 24.3 Å². The number of likely N-dealkylation sites (tertiary alicyclic amines) is 1. The van der Waals surface area contributed by atoms with Crippen molar-refractivity contribution < 1.29 is 24.2 Å². The largest absolute Gasteiger partial charge is 0.461 e. The molecule has 7 nitrogen and oxygen atoms in total. The van der Waals surface area contributed by atoms with Crippen molar-refractivity contribution in [2.75, 3.05) is 26.3 Å². The summed E-state index contributed by atoms with van der Waals surface area (Å²) in [5.74, 6) is -1.72. The van der Waals surface area contributed by atoms with E-state index in [1.165, 1.54) is 0 Å². The summed E-state index contributed by atoms with van der Waals surface area (Å²) >= 11 is 1.54. The summed E-state index contributed by atoms with van der Waals surface area (Å²) in [6, 6.07) is -1.19. The van der Waals surface area contributed by atoms with Crippen molar-refractivity contribution in [3.8, 4) is 0 Å². The highest BCUT2D eigenvalue weighted by Crippen LogP contribution is 2.61. The maximum absolute atomic E-state index is 14.0. The van der Waals surface area contributed by atoms with Gasteiger partial charge in [0.25, 0.3) is 0 Å². The third-order valence-electron chi connectivity index (χ3n) is 7.06. The van der Waals surface area contributed by atoms with Crippen molar-refractivity contribution in [2.45, 2.75) is 62.1 Å². The normalized spacial score (nSPS) is 34.8. The molecule has 0 radical (unpaired) electrons. The lowest BCUT2D eigenvalue weighted by atomic mass is 9.78. The monoisotopic (exact) mass is 462 g/mol. The van der Waals surface area contributed by atoms with Gasteiger partial charge >= 0.3 is 5.97 Å². The van der Waals surface area contributed by atoms with Gasteiger partial charge in [0.15, 0.2) is 0 Å². The molecule has 0 aromatic rings. The number of aliphatic hydroxyl groups excluding tert-OH is 1. The first-order chi connectivity index (χ1) is 15.4. The molecule has 8 heteroatoms. The first-order valence-electron chi connectivity index (χ1n) is 11.8. The molecule has 32 heavy (non-hydrogen) atoms. The molecule has 4 aliphatic rings. The van der Waals surface area contributed by atoms with Gasteiger partial charge in [-0.1, -0.05) is 51.5 Å². The number of esters is 1. The van der Waals surface area contributed by atoms with E-state index in [-0.39, 0.29) is 42.2 Å². The fraction of sp³-hybridized carbons (Fsp3) is 0.708. The lowest BCUT2D eigenvalue weighted by molar-refractivity contribution is -0.152. The van der Waals surface area contributed by atoms with Gasteiger partial charge in [0, 0.05) is 18.3 Å². The van der Waals surface area contributed by atoms with Crippen LogP contribution in [-0.4, -0.2) is 81.1 Å². The van der Waals surface area contributed by atoms with Gasteiger partial charge in [0.2, 0.25) is 11.8 Å². The third kappa shape index (κ3) is 3.69. The number of rotatable bonds is 7. The Kier molecular flexibility index (Phi) is 6.73. The molecule has 4 heterocycles. The maximum atomic E-state index is 14.0. The lowest BCUT2D eigenvalue weighted by Crippen LogP contribution is -2.56. The standard InChI is InChI=1S/C24H34N2O5S/c1-4-5-10-25-11-7-9-24-19(18-17(32-24)8-6-12-31-23(18)30)21(28)26(20(24)22(25)29)16(14-27)13-15(2)3/h6-9,15-20,27H,4-5,10-14H2,1-3H3/t16-,17-,18+,19+,20?,24+/m1/s1. The number of aliphatic hydroxyl groups is 1. The number of hydrogen-bond acceptors (Lipinski definition) is 6. The highest BCUT2D eigenvalue weighted by molar-refractivity contribution is 8.02. The van der Waals surface area contributed by atoms with Crippen molar-refractivity contribution >= 4 is 29.5 Å². The van der Waals surface area contributed by atoms with E-state index < -0.39 is 28.7 Å². The molecule has 0 aromatic carbocycles. The molecule has 0 aliphatic carbocycles. The van der Waals surface area contributed by atoms with E-state index in [1.54, 1.807) is 16.7 Å². The summed E-state index contributed by atoms with van der Waals surface area (Å²) in [7, 11) is 0. The van der Waals surface area contributed by atoms with Crippen molar-refractivity contribution in [2.24, 2.45) is 17.8 Å². The van der Waals surface area contributed by atoms with E-state index >= 15 is 0 Å². The number of hydrogen-bond donors (Lipinski definition) is 1. The molecule has 176 valence electrons. The minimum absolute atomic E-state index is 0.0807. The Hall–Kier alpha value is -1.80. The highest BCUT2D eigenvalue weighted by atomic mass is 32.2. The first kappa shape index (κ1) is 23.4. The van der Waals surface area contributed by atoms with Gasteiger partial charge in [0.1, 0.15) is 12.6 Å². The van der Waals surface area contributed by atoms with E-state index in [0.717, 1.165) is 12.8 Å². The zero-order valence-electron chi connectivity index (χ0n) is 19.1. The molecule has 1 N–H and O–H groups in total. The third-order valence-corrected chi connectivity index (χ3v) is 8.81. The predicted octanol–water partition coefficient (Wildman–Crippen LogP) is 2.00.